The van der Waals surface area contributed by atoms with Crippen LogP contribution in [0.2, 0.25) is 0 Å². The van der Waals surface area contributed by atoms with E-state index in [2.05, 4.69) is 10.1 Å². The van der Waals surface area contributed by atoms with Crippen molar-refractivity contribution in [2.45, 2.75) is 46.3 Å². The average molecular weight is 444 g/mol. The summed E-state index contributed by atoms with van der Waals surface area (Å²) >= 11 is 0.493. The molecule has 0 aliphatic heterocycles. The molecule has 0 aromatic carbocycles. The lowest BCUT2D eigenvalue weighted by atomic mass is 10.2. The van der Waals surface area contributed by atoms with Crippen molar-refractivity contribution in [2.75, 3.05) is 11.5 Å². The normalized spacial score (nSPS) is 12.9. The van der Waals surface area contributed by atoms with Gasteiger partial charge >= 0.3 is 12.1 Å². The Morgan fingerprint density at radius 1 is 1.37 bits per heavy atom. The summed E-state index contributed by atoms with van der Waals surface area (Å²) in [5.41, 5.74) is 0.179. The quantitative estimate of drug-likeness (QED) is 0.472. The Kier molecular flexibility index (Phi) is 7.40. The predicted octanol–water partition coefficient (Wildman–Crippen LogP) is 4.23. The van der Waals surface area contributed by atoms with Crippen LogP contribution in [0, 0.1) is 6.92 Å². The monoisotopic (exact) mass is 444 g/mol. The highest BCUT2D eigenvalue weighted by Crippen LogP contribution is 2.38. The van der Waals surface area contributed by atoms with Crippen LogP contribution in [-0.4, -0.2) is 39.3 Å². The van der Waals surface area contributed by atoms with E-state index in [-0.39, 0.29) is 11.7 Å². The van der Waals surface area contributed by atoms with E-state index < -0.39 is 34.7 Å². The Labute approximate surface area is 176 Å². The predicted molar refractivity (Wildman–Crippen MR) is 107 cm³/mol. The van der Waals surface area contributed by atoms with Crippen molar-refractivity contribution in [1.82, 2.24) is 14.8 Å². The Balaban J connectivity index is 2.47. The lowest BCUT2D eigenvalue weighted by Gasteiger charge is -2.24. The van der Waals surface area contributed by atoms with E-state index in [0.29, 0.717) is 23.3 Å². The molecule has 0 aliphatic rings. The second kappa shape index (κ2) is 9.41. The first kappa shape index (κ1) is 23.6. The summed E-state index contributed by atoms with van der Waals surface area (Å²) < 4.78 is 46.7. The van der Waals surface area contributed by atoms with Crippen molar-refractivity contribution in [3.05, 3.63) is 34.1 Å². The highest BCUT2D eigenvalue weighted by Gasteiger charge is 2.41. The van der Waals surface area contributed by atoms with Crippen LogP contribution < -0.4 is 4.90 Å². The lowest BCUT2D eigenvalue weighted by Crippen LogP contribution is -2.37. The summed E-state index contributed by atoms with van der Waals surface area (Å²) in [5.74, 6) is -1.67. The van der Waals surface area contributed by atoms with Crippen LogP contribution in [0.25, 0.3) is 6.08 Å². The fraction of sp³-hybridized carbons (Fsp3) is 0.474. The van der Waals surface area contributed by atoms with Gasteiger partial charge in [-0.25, -0.2) is 9.78 Å². The van der Waals surface area contributed by atoms with Crippen molar-refractivity contribution in [1.29, 1.82) is 0 Å². The van der Waals surface area contributed by atoms with Gasteiger partial charge in [-0.2, -0.15) is 18.3 Å². The maximum atomic E-state index is 13.4. The zero-order chi connectivity index (χ0) is 22.6. The highest BCUT2D eigenvalue weighted by molar-refractivity contribution is 7.17. The van der Waals surface area contributed by atoms with Gasteiger partial charge in [-0.1, -0.05) is 18.3 Å². The molecular formula is C19H23F3N4O3S. The third-order valence-corrected chi connectivity index (χ3v) is 5.53. The molecule has 0 fully saturated rings. The summed E-state index contributed by atoms with van der Waals surface area (Å²) in [7, 11) is 1.76. The van der Waals surface area contributed by atoms with Crippen LogP contribution >= 0.6 is 11.3 Å². The molecular weight excluding hydrogens is 421 g/mol. The minimum atomic E-state index is -4.86. The van der Waals surface area contributed by atoms with Crippen LogP contribution in [0.1, 0.15) is 53.8 Å². The first-order chi connectivity index (χ1) is 14.0. The van der Waals surface area contributed by atoms with Gasteiger partial charge in [-0.3, -0.25) is 14.4 Å². The molecule has 0 N–H and O–H groups in total. The number of alkyl halides is 3. The third-order valence-electron chi connectivity index (χ3n) is 4.50. The second-order valence-electron chi connectivity index (χ2n) is 6.50. The molecule has 7 nitrogen and oxygen atoms in total. The molecule has 1 amide bonds. The number of esters is 1. The Morgan fingerprint density at radius 3 is 2.53 bits per heavy atom. The standard InChI is InChI=1S/C19H23F3N4O3S/c1-6-11(3)26(14(27)9-8-13-10-23-25(5)12(13)4)18-24-16(19(20,21)22)15(30-18)17(28)29-7-2/h8-11H,6-7H2,1-5H3/b9-8+/t11-/m0/s1. The zero-order valence-electron chi connectivity index (χ0n) is 17.3. The molecule has 1 atom stereocenters. The molecule has 0 aliphatic carbocycles. The van der Waals surface area contributed by atoms with Gasteiger partial charge in [-0.15, -0.1) is 0 Å². The summed E-state index contributed by atoms with van der Waals surface area (Å²) in [5, 5.41) is 3.87. The minimum Gasteiger partial charge on any atom is -0.462 e. The second-order valence-corrected chi connectivity index (χ2v) is 7.48. The molecule has 0 saturated heterocycles. The third kappa shape index (κ3) is 5.07. The molecule has 2 aromatic heterocycles. The molecule has 0 radical (unpaired) electrons. The number of carbonyl (C=O) groups is 2. The van der Waals surface area contributed by atoms with Gasteiger partial charge in [0.2, 0.25) is 0 Å². The van der Waals surface area contributed by atoms with E-state index in [0.717, 1.165) is 10.6 Å². The summed E-state index contributed by atoms with van der Waals surface area (Å²) in [6.45, 7) is 6.73. The number of aryl methyl sites for hydroxylation is 1. The number of thiazole rings is 1. The van der Waals surface area contributed by atoms with E-state index in [4.69, 9.17) is 4.74 Å². The lowest BCUT2D eigenvalue weighted by molar-refractivity contribution is -0.141. The summed E-state index contributed by atoms with van der Waals surface area (Å²) in [4.78, 5) is 29.0. The smallest absolute Gasteiger partial charge is 0.435 e. The molecule has 2 aromatic rings. The Hall–Kier alpha value is -2.69. The molecule has 164 valence electrons. The van der Waals surface area contributed by atoms with Crippen molar-refractivity contribution in [3.8, 4) is 0 Å². The number of nitrogens with zero attached hydrogens (tertiary/aromatic N) is 4. The number of carbonyl (C=O) groups excluding carboxylic acids is 2. The van der Waals surface area contributed by atoms with E-state index in [9.17, 15) is 22.8 Å². The molecule has 2 rings (SSSR count). The van der Waals surface area contributed by atoms with Crippen molar-refractivity contribution < 1.29 is 27.5 Å². The van der Waals surface area contributed by atoms with Gasteiger partial charge in [0, 0.05) is 30.4 Å². The number of ether oxygens (including phenoxy) is 1. The first-order valence-corrected chi connectivity index (χ1v) is 10.1. The van der Waals surface area contributed by atoms with Gasteiger partial charge in [0.05, 0.1) is 12.8 Å². The number of amides is 1. The number of rotatable bonds is 7. The highest BCUT2D eigenvalue weighted by atomic mass is 32.1. The van der Waals surface area contributed by atoms with Gasteiger partial charge in [0.15, 0.2) is 10.8 Å². The number of hydrogen-bond donors (Lipinski definition) is 0. The topological polar surface area (TPSA) is 77.3 Å². The molecule has 2 heterocycles. The molecule has 11 heteroatoms. The van der Waals surface area contributed by atoms with Gasteiger partial charge in [0.1, 0.15) is 4.88 Å². The zero-order valence-corrected chi connectivity index (χ0v) is 18.1. The first-order valence-electron chi connectivity index (χ1n) is 9.26. The molecule has 0 saturated carbocycles. The number of hydrogen-bond acceptors (Lipinski definition) is 6. The fourth-order valence-electron chi connectivity index (χ4n) is 2.54. The largest absolute Gasteiger partial charge is 0.462 e. The average Bonchev–Trinajstić information content (AvgIpc) is 3.25. The van der Waals surface area contributed by atoms with E-state index >= 15 is 0 Å². The van der Waals surface area contributed by atoms with Crippen molar-refractivity contribution in [2.24, 2.45) is 7.05 Å². The van der Waals surface area contributed by atoms with E-state index in [1.165, 1.54) is 13.0 Å². The SMILES string of the molecule is CCOC(=O)c1sc(N(C(=O)/C=C/c2cnn(C)c2C)[C@@H](C)CC)nc1C(F)(F)F. The van der Waals surface area contributed by atoms with Crippen LogP contribution in [0.15, 0.2) is 12.3 Å². The summed E-state index contributed by atoms with van der Waals surface area (Å²) in [6.07, 6.45) is 0.00100. The Morgan fingerprint density at radius 2 is 2.03 bits per heavy atom. The molecule has 0 unspecified atom stereocenters. The number of halogens is 3. The summed E-state index contributed by atoms with van der Waals surface area (Å²) in [6, 6.07) is -0.445. The van der Waals surface area contributed by atoms with Crippen LogP contribution in [-0.2, 0) is 22.8 Å². The van der Waals surface area contributed by atoms with E-state index in [1.807, 2.05) is 6.92 Å². The van der Waals surface area contributed by atoms with Crippen molar-refractivity contribution in [3.63, 3.8) is 0 Å². The number of anilines is 1. The van der Waals surface area contributed by atoms with Gasteiger partial charge < -0.3 is 4.74 Å². The number of aromatic nitrogens is 3. The van der Waals surface area contributed by atoms with Crippen LogP contribution in [0.4, 0.5) is 18.3 Å². The Bertz CT molecular complexity index is 949. The van der Waals surface area contributed by atoms with E-state index in [1.54, 1.807) is 37.8 Å². The molecule has 30 heavy (non-hydrogen) atoms. The van der Waals surface area contributed by atoms with Gasteiger partial charge in [-0.05, 0) is 33.3 Å². The van der Waals surface area contributed by atoms with Crippen molar-refractivity contribution >= 4 is 34.4 Å². The maximum absolute atomic E-state index is 13.4. The maximum Gasteiger partial charge on any atom is 0.435 e. The minimum absolute atomic E-state index is 0.0788. The fourth-order valence-corrected chi connectivity index (χ4v) is 3.63. The van der Waals surface area contributed by atoms with Crippen LogP contribution in [0.5, 0.6) is 0 Å². The van der Waals surface area contributed by atoms with Crippen LogP contribution in [0.3, 0.4) is 0 Å². The van der Waals surface area contributed by atoms with Gasteiger partial charge in [0.25, 0.3) is 5.91 Å². The molecule has 0 bridgehead atoms. The molecule has 0 spiro atoms.